The van der Waals surface area contributed by atoms with Gasteiger partial charge in [0.2, 0.25) is 5.79 Å². The van der Waals surface area contributed by atoms with Gasteiger partial charge in [0.25, 0.3) is 0 Å². The van der Waals surface area contributed by atoms with Crippen molar-refractivity contribution in [2.45, 2.75) is 116 Å². The van der Waals surface area contributed by atoms with E-state index in [0.29, 0.717) is 0 Å². The summed E-state index contributed by atoms with van der Waals surface area (Å²) in [4.78, 5) is 0. The smallest absolute Gasteiger partial charge is 0.224 e. The molecule has 272 valence electrons. The summed E-state index contributed by atoms with van der Waals surface area (Å²) in [5, 5.41) is 153. The van der Waals surface area contributed by atoms with E-state index in [1.807, 2.05) is 0 Å². The number of ether oxygens (including phenoxy) is 6. The Bertz CT molecular complexity index is 913. The minimum atomic E-state index is -2.22. The largest absolute Gasteiger partial charge is 0.394 e. The van der Waals surface area contributed by atoms with Crippen molar-refractivity contribution in [2.24, 2.45) is 0 Å². The van der Waals surface area contributed by atoms with Crippen LogP contribution < -0.4 is 0 Å². The number of hydrogen-bond donors (Lipinski definition) is 16. The van der Waals surface area contributed by atoms with Crippen molar-refractivity contribution in [3.05, 3.63) is 0 Å². The van der Waals surface area contributed by atoms with Crippen molar-refractivity contribution in [2.75, 3.05) is 33.0 Å². The third kappa shape index (κ3) is 7.95. The monoisotopic (exact) mass is 684 g/mol. The fourth-order valence-electron chi connectivity index (χ4n) is 5.20. The van der Waals surface area contributed by atoms with Crippen molar-refractivity contribution in [3.63, 3.8) is 0 Å². The summed E-state index contributed by atoms with van der Waals surface area (Å²) < 4.78 is 30.7. The van der Waals surface area contributed by atoms with E-state index in [1.165, 1.54) is 0 Å². The SMILES string of the molecule is OC[C@H]1O[C@@H](O[C@H]2[C@H](O)[C@@H](O)[C@H](O)O[C@@H]2CO)[C@H](O)[C@@H](O)[C@H]1O.OC[C@H]1O[C@@](CO)(O[C@H]2O[C@H](CO)[C@@H](O)[C@H](O)[C@H]2O)[C@@H](O)[C@@H]1O. The van der Waals surface area contributed by atoms with Gasteiger partial charge in [0.1, 0.15) is 98.2 Å². The zero-order valence-electron chi connectivity index (χ0n) is 24.0. The molecule has 16 N–H and O–H groups in total. The summed E-state index contributed by atoms with van der Waals surface area (Å²) in [6.07, 6.45) is -28.2. The molecule has 4 saturated heterocycles. The third-order valence-corrected chi connectivity index (χ3v) is 8.05. The van der Waals surface area contributed by atoms with Gasteiger partial charge >= 0.3 is 0 Å². The fraction of sp³-hybridized carbons (Fsp3) is 1.00. The zero-order valence-corrected chi connectivity index (χ0v) is 24.0. The second-order valence-electron chi connectivity index (χ2n) is 11.1. The Balaban J connectivity index is 0.000000250. The number of rotatable bonds is 9. The first kappa shape index (κ1) is 39.6. The highest BCUT2D eigenvalue weighted by molar-refractivity contribution is 4.98. The van der Waals surface area contributed by atoms with E-state index in [4.69, 9.17) is 43.7 Å². The van der Waals surface area contributed by atoms with Crippen molar-refractivity contribution >= 4 is 0 Å². The van der Waals surface area contributed by atoms with Crippen LogP contribution in [0.4, 0.5) is 0 Å². The molecule has 4 rings (SSSR count). The van der Waals surface area contributed by atoms with Crippen molar-refractivity contribution in [1.82, 2.24) is 0 Å². The maximum Gasteiger partial charge on any atom is 0.224 e. The summed E-state index contributed by atoms with van der Waals surface area (Å²) in [5.74, 6) is -2.22. The predicted molar refractivity (Wildman–Crippen MR) is 137 cm³/mol. The van der Waals surface area contributed by atoms with E-state index < -0.39 is 149 Å². The van der Waals surface area contributed by atoms with Crippen LogP contribution in [-0.4, -0.2) is 231 Å². The van der Waals surface area contributed by atoms with Gasteiger partial charge in [-0.2, -0.15) is 0 Å². The van der Waals surface area contributed by atoms with Crippen LogP contribution in [0, 0.1) is 0 Å². The molecule has 4 heterocycles. The van der Waals surface area contributed by atoms with Crippen LogP contribution in [0.5, 0.6) is 0 Å². The van der Waals surface area contributed by atoms with Gasteiger partial charge in [0.05, 0.1) is 26.4 Å². The summed E-state index contributed by atoms with van der Waals surface area (Å²) >= 11 is 0. The molecule has 0 aromatic carbocycles. The molecular formula is C24H44O22. The van der Waals surface area contributed by atoms with Crippen molar-refractivity contribution in [1.29, 1.82) is 0 Å². The molecule has 19 atom stereocenters. The van der Waals surface area contributed by atoms with Gasteiger partial charge in [0, 0.05) is 0 Å². The molecule has 0 saturated carbocycles. The summed E-state index contributed by atoms with van der Waals surface area (Å²) in [7, 11) is 0. The number of hydrogen-bond acceptors (Lipinski definition) is 22. The van der Waals surface area contributed by atoms with E-state index in [2.05, 4.69) is 0 Å². The van der Waals surface area contributed by atoms with E-state index in [0.717, 1.165) is 0 Å². The topological polar surface area (TPSA) is 379 Å². The minimum absolute atomic E-state index is 0.667. The Morgan fingerprint density at radius 2 is 0.935 bits per heavy atom. The first-order valence-electron chi connectivity index (χ1n) is 14.1. The molecular weight excluding hydrogens is 640 g/mol. The van der Waals surface area contributed by atoms with Gasteiger partial charge in [-0.15, -0.1) is 0 Å². The molecule has 22 heteroatoms. The maximum atomic E-state index is 10.00. The molecule has 4 aliphatic heterocycles. The summed E-state index contributed by atoms with van der Waals surface area (Å²) in [6.45, 7) is -3.67. The molecule has 0 aromatic heterocycles. The lowest BCUT2D eigenvalue weighted by Gasteiger charge is -2.45. The minimum Gasteiger partial charge on any atom is -0.394 e. The van der Waals surface area contributed by atoms with Gasteiger partial charge in [-0.05, 0) is 0 Å². The van der Waals surface area contributed by atoms with Crippen LogP contribution in [0.2, 0.25) is 0 Å². The van der Waals surface area contributed by atoms with E-state index in [-0.39, 0.29) is 0 Å². The Morgan fingerprint density at radius 3 is 1.39 bits per heavy atom. The molecule has 22 nitrogen and oxygen atoms in total. The lowest BCUT2D eigenvalue weighted by Crippen LogP contribution is -2.64. The average molecular weight is 685 g/mol. The molecule has 0 bridgehead atoms. The average Bonchev–Trinajstić information content (AvgIpc) is 3.30. The van der Waals surface area contributed by atoms with Crippen LogP contribution in [0.1, 0.15) is 0 Å². The van der Waals surface area contributed by atoms with Gasteiger partial charge in [-0.1, -0.05) is 0 Å². The quantitative estimate of drug-likeness (QED) is 0.107. The van der Waals surface area contributed by atoms with Gasteiger partial charge in [0.15, 0.2) is 18.9 Å². The molecule has 0 aliphatic carbocycles. The lowest BCUT2D eigenvalue weighted by molar-refractivity contribution is -0.383. The van der Waals surface area contributed by atoms with E-state index in [1.54, 1.807) is 0 Å². The highest BCUT2D eigenvalue weighted by Crippen LogP contribution is 2.36. The number of aliphatic hydroxyl groups excluding tert-OH is 16. The van der Waals surface area contributed by atoms with Crippen LogP contribution in [-0.2, 0) is 28.4 Å². The summed E-state index contributed by atoms with van der Waals surface area (Å²) in [5.41, 5.74) is 0. The lowest BCUT2D eigenvalue weighted by atomic mass is 9.97. The predicted octanol–water partition coefficient (Wildman–Crippen LogP) is -10.8. The van der Waals surface area contributed by atoms with Gasteiger partial charge in [-0.25, -0.2) is 0 Å². The van der Waals surface area contributed by atoms with E-state index >= 15 is 0 Å². The van der Waals surface area contributed by atoms with Crippen LogP contribution >= 0.6 is 0 Å². The summed E-state index contributed by atoms with van der Waals surface area (Å²) in [6, 6.07) is 0. The maximum absolute atomic E-state index is 10.00. The standard InChI is InChI=1S/2C12H22O11/c13-1-4-6(16)8(18)9(19)11(21-4)23-12(3-15)10(20)7(17)5(2-14)22-12;13-1-3-5(15)6(16)9(19)12(22-3)23-10-4(2-14)21-11(20)8(18)7(10)17/h4-11,13-20H,1-3H2;3-20H,1-2H2/t4-,5-,6-,7-,8+,9-,10+,11-,12+;3-,4-,5+,6+,7-,8-,9-,10-,11-,12+/m11/s1. The van der Waals surface area contributed by atoms with Gasteiger partial charge < -0.3 is 110 Å². The molecule has 0 amide bonds. The second kappa shape index (κ2) is 16.7. The van der Waals surface area contributed by atoms with Crippen LogP contribution in [0.15, 0.2) is 0 Å². The number of aliphatic hydroxyl groups is 16. The van der Waals surface area contributed by atoms with Crippen molar-refractivity contribution in [3.8, 4) is 0 Å². The zero-order chi connectivity index (χ0) is 34.7. The molecule has 46 heavy (non-hydrogen) atoms. The second-order valence-corrected chi connectivity index (χ2v) is 11.1. The molecule has 0 unspecified atom stereocenters. The molecule has 0 radical (unpaired) electrons. The molecule has 4 fully saturated rings. The van der Waals surface area contributed by atoms with Crippen molar-refractivity contribution < 1.29 is 110 Å². The molecule has 0 aromatic rings. The first-order valence-corrected chi connectivity index (χ1v) is 14.1. The van der Waals surface area contributed by atoms with Crippen LogP contribution in [0.3, 0.4) is 0 Å². The Hall–Kier alpha value is -0.880. The fourth-order valence-corrected chi connectivity index (χ4v) is 5.20. The van der Waals surface area contributed by atoms with Gasteiger partial charge in [-0.3, -0.25) is 0 Å². The highest BCUT2D eigenvalue weighted by Gasteiger charge is 2.58. The Kier molecular flexibility index (Phi) is 14.3. The highest BCUT2D eigenvalue weighted by atomic mass is 16.8. The molecule has 0 spiro atoms. The van der Waals surface area contributed by atoms with Crippen LogP contribution in [0.25, 0.3) is 0 Å². The third-order valence-electron chi connectivity index (χ3n) is 8.05. The molecule has 4 aliphatic rings. The Labute approximate surface area is 260 Å². The first-order chi connectivity index (χ1) is 21.6. The van der Waals surface area contributed by atoms with E-state index in [9.17, 15) is 66.4 Å². The Morgan fingerprint density at radius 1 is 0.457 bits per heavy atom. The normalized spacial score (nSPS) is 51.4.